The van der Waals surface area contributed by atoms with Gasteiger partial charge in [-0.15, -0.1) is 0 Å². The number of ether oxygens (including phenoxy) is 1. The van der Waals surface area contributed by atoms with E-state index in [0.29, 0.717) is 23.3 Å². The molecule has 0 saturated heterocycles. The number of carbonyl (C=O) groups excluding carboxylic acids is 3. The molecule has 0 fully saturated rings. The van der Waals surface area contributed by atoms with E-state index in [1.54, 1.807) is 16.9 Å². The van der Waals surface area contributed by atoms with Gasteiger partial charge in [0.05, 0.1) is 29.4 Å². The van der Waals surface area contributed by atoms with Crippen molar-refractivity contribution in [2.24, 2.45) is 0 Å². The van der Waals surface area contributed by atoms with E-state index in [9.17, 15) is 14.4 Å². The maximum atomic E-state index is 13.1. The molecule has 1 atom stereocenters. The van der Waals surface area contributed by atoms with Crippen molar-refractivity contribution < 1.29 is 19.1 Å². The number of nitrogens with one attached hydrogen (secondary N) is 2. The molecule has 3 amide bonds. The Hall–Kier alpha value is -4.53. The molecule has 34 heavy (non-hydrogen) atoms. The lowest BCUT2D eigenvalue weighted by atomic mass is 10.1. The van der Waals surface area contributed by atoms with Crippen molar-refractivity contribution in [1.82, 2.24) is 25.4 Å². The summed E-state index contributed by atoms with van der Waals surface area (Å²) in [5.41, 5.74) is 3.15. The van der Waals surface area contributed by atoms with Crippen LogP contribution in [-0.4, -0.2) is 45.8 Å². The first-order valence-corrected chi connectivity index (χ1v) is 10.7. The first-order valence-electron chi connectivity index (χ1n) is 10.7. The number of rotatable bonds is 6. The Labute approximate surface area is 195 Å². The summed E-state index contributed by atoms with van der Waals surface area (Å²) in [6.07, 6.45) is 0.374. The molecule has 2 N–H and O–H groups in total. The highest BCUT2D eigenvalue weighted by Crippen LogP contribution is 2.26. The van der Waals surface area contributed by atoms with Gasteiger partial charge < -0.3 is 10.1 Å². The number of pyridine rings is 1. The molecule has 0 bridgehead atoms. The van der Waals surface area contributed by atoms with Crippen LogP contribution in [0, 0.1) is 0 Å². The van der Waals surface area contributed by atoms with Gasteiger partial charge in [0.25, 0.3) is 5.91 Å². The van der Waals surface area contributed by atoms with Crippen molar-refractivity contribution in [2.75, 3.05) is 7.05 Å². The van der Waals surface area contributed by atoms with Crippen molar-refractivity contribution in [3.8, 4) is 11.3 Å². The van der Waals surface area contributed by atoms with Gasteiger partial charge in [0.15, 0.2) is 11.8 Å². The standard InChI is InChI=1S/C25H23N5O4/c1-16(23(31)29-25(33)26-2)34-24(32)19-13-21(18-11-7-4-8-12-18)28-22-20(19)14-27-30(22)15-17-9-5-3-6-10-17/h3-14,16H,15H2,1-2H3,(H2,26,29,31,33)/t16-/m1/s1. The zero-order valence-electron chi connectivity index (χ0n) is 18.7. The zero-order valence-corrected chi connectivity index (χ0v) is 18.7. The number of carbonyl (C=O) groups is 3. The van der Waals surface area contributed by atoms with Gasteiger partial charge in [0, 0.05) is 12.6 Å². The Balaban J connectivity index is 1.72. The van der Waals surface area contributed by atoms with Gasteiger partial charge in [-0.2, -0.15) is 5.10 Å². The third kappa shape index (κ3) is 4.93. The topological polar surface area (TPSA) is 115 Å². The second kappa shape index (κ2) is 9.95. The highest BCUT2D eigenvalue weighted by molar-refractivity contribution is 6.05. The SMILES string of the molecule is CNC(=O)NC(=O)[C@@H](C)OC(=O)c1cc(-c2ccccc2)nc2c1cnn2Cc1ccccc1. The van der Waals surface area contributed by atoms with E-state index >= 15 is 0 Å². The maximum absolute atomic E-state index is 13.1. The lowest BCUT2D eigenvalue weighted by Crippen LogP contribution is -2.43. The van der Waals surface area contributed by atoms with Gasteiger partial charge in [-0.3, -0.25) is 10.1 Å². The summed E-state index contributed by atoms with van der Waals surface area (Å²) in [5, 5.41) is 9.32. The highest BCUT2D eigenvalue weighted by atomic mass is 16.5. The van der Waals surface area contributed by atoms with Crippen LogP contribution in [0.15, 0.2) is 72.9 Å². The summed E-state index contributed by atoms with van der Waals surface area (Å²) >= 11 is 0. The molecule has 0 unspecified atom stereocenters. The van der Waals surface area contributed by atoms with Crippen LogP contribution in [0.4, 0.5) is 4.79 Å². The van der Waals surface area contributed by atoms with Crippen LogP contribution in [-0.2, 0) is 16.1 Å². The fourth-order valence-electron chi connectivity index (χ4n) is 3.40. The molecule has 9 nitrogen and oxygen atoms in total. The van der Waals surface area contributed by atoms with Crippen LogP contribution in [0.2, 0.25) is 0 Å². The van der Waals surface area contributed by atoms with Crippen LogP contribution in [0.5, 0.6) is 0 Å². The third-order valence-corrected chi connectivity index (χ3v) is 5.19. The molecule has 0 aliphatic carbocycles. The van der Waals surface area contributed by atoms with Gasteiger partial charge in [0.1, 0.15) is 0 Å². The zero-order chi connectivity index (χ0) is 24.1. The van der Waals surface area contributed by atoms with Crippen LogP contribution in [0.1, 0.15) is 22.8 Å². The van der Waals surface area contributed by atoms with Crippen molar-refractivity contribution in [3.63, 3.8) is 0 Å². The summed E-state index contributed by atoms with van der Waals surface area (Å²) < 4.78 is 7.09. The monoisotopic (exact) mass is 457 g/mol. The van der Waals surface area contributed by atoms with Crippen molar-refractivity contribution in [1.29, 1.82) is 0 Å². The van der Waals surface area contributed by atoms with E-state index in [1.807, 2.05) is 60.7 Å². The van der Waals surface area contributed by atoms with Gasteiger partial charge >= 0.3 is 12.0 Å². The average molecular weight is 457 g/mol. The van der Waals surface area contributed by atoms with Crippen molar-refractivity contribution >= 4 is 28.9 Å². The molecule has 0 radical (unpaired) electrons. The number of fused-ring (bicyclic) bond motifs is 1. The van der Waals surface area contributed by atoms with E-state index in [2.05, 4.69) is 15.7 Å². The quantitative estimate of drug-likeness (QED) is 0.430. The number of urea groups is 1. The van der Waals surface area contributed by atoms with Crippen LogP contribution >= 0.6 is 0 Å². The Morgan fingerprint density at radius 1 is 1.03 bits per heavy atom. The number of hydrogen-bond donors (Lipinski definition) is 2. The molecule has 0 saturated carbocycles. The van der Waals surface area contributed by atoms with E-state index in [0.717, 1.165) is 11.1 Å². The van der Waals surface area contributed by atoms with E-state index in [-0.39, 0.29) is 5.56 Å². The van der Waals surface area contributed by atoms with Gasteiger partial charge in [-0.25, -0.2) is 19.3 Å². The summed E-state index contributed by atoms with van der Waals surface area (Å²) in [5.74, 6) is -1.45. The molecule has 9 heteroatoms. The molecular formula is C25H23N5O4. The smallest absolute Gasteiger partial charge is 0.339 e. The predicted octanol–water partition coefficient (Wildman–Crippen LogP) is 3.15. The molecule has 0 spiro atoms. The number of imide groups is 1. The maximum Gasteiger partial charge on any atom is 0.339 e. The summed E-state index contributed by atoms with van der Waals surface area (Å²) in [6.45, 7) is 1.86. The van der Waals surface area contributed by atoms with Crippen molar-refractivity contribution in [2.45, 2.75) is 19.6 Å². The second-order valence-corrected chi connectivity index (χ2v) is 7.56. The molecule has 172 valence electrons. The Kier molecular flexibility index (Phi) is 6.63. The summed E-state index contributed by atoms with van der Waals surface area (Å²) in [4.78, 5) is 41.5. The normalized spacial score (nSPS) is 11.6. The van der Waals surface area contributed by atoms with E-state index < -0.39 is 24.0 Å². The minimum Gasteiger partial charge on any atom is -0.449 e. The largest absolute Gasteiger partial charge is 0.449 e. The molecule has 0 aliphatic rings. The van der Waals surface area contributed by atoms with E-state index in [1.165, 1.54) is 14.0 Å². The van der Waals surface area contributed by atoms with Crippen molar-refractivity contribution in [3.05, 3.63) is 84.1 Å². The highest BCUT2D eigenvalue weighted by Gasteiger charge is 2.24. The average Bonchev–Trinajstić information content (AvgIpc) is 3.26. The number of nitrogens with zero attached hydrogens (tertiary/aromatic N) is 3. The number of hydrogen-bond acceptors (Lipinski definition) is 6. The second-order valence-electron chi connectivity index (χ2n) is 7.56. The first-order chi connectivity index (χ1) is 16.5. The molecule has 0 aliphatic heterocycles. The molecule has 4 aromatic rings. The van der Waals surface area contributed by atoms with Crippen LogP contribution < -0.4 is 10.6 Å². The minimum absolute atomic E-state index is 0.225. The number of amides is 3. The molecule has 2 aromatic heterocycles. The van der Waals surface area contributed by atoms with Crippen LogP contribution in [0.25, 0.3) is 22.3 Å². The Morgan fingerprint density at radius 2 is 1.71 bits per heavy atom. The summed E-state index contributed by atoms with van der Waals surface area (Å²) in [7, 11) is 1.38. The molecule has 4 rings (SSSR count). The summed E-state index contributed by atoms with van der Waals surface area (Å²) in [6, 6.07) is 20.2. The van der Waals surface area contributed by atoms with Crippen LogP contribution in [0.3, 0.4) is 0 Å². The molecule has 2 heterocycles. The Bertz CT molecular complexity index is 1340. The minimum atomic E-state index is -1.19. The lowest BCUT2D eigenvalue weighted by Gasteiger charge is -2.14. The number of esters is 1. The van der Waals surface area contributed by atoms with E-state index in [4.69, 9.17) is 9.72 Å². The predicted molar refractivity (Wildman–Crippen MR) is 126 cm³/mol. The van der Waals surface area contributed by atoms with Gasteiger partial charge in [-0.05, 0) is 18.6 Å². The van der Waals surface area contributed by atoms with Gasteiger partial charge in [-0.1, -0.05) is 60.7 Å². The third-order valence-electron chi connectivity index (χ3n) is 5.19. The molecular weight excluding hydrogens is 434 g/mol. The lowest BCUT2D eigenvalue weighted by molar-refractivity contribution is -0.127. The fraction of sp³-hybridized carbons (Fsp3) is 0.160. The number of benzene rings is 2. The van der Waals surface area contributed by atoms with Gasteiger partial charge in [0.2, 0.25) is 0 Å². The fourth-order valence-corrected chi connectivity index (χ4v) is 3.40. The molecule has 2 aromatic carbocycles. The first kappa shape index (κ1) is 22.7. The number of aromatic nitrogens is 3. The Morgan fingerprint density at radius 3 is 2.38 bits per heavy atom.